The smallest absolute Gasteiger partial charge is 0.227 e. The fourth-order valence-electron chi connectivity index (χ4n) is 5.52. The number of halogens is 3. The van der Waals surface area contributed by atoms with Crippen LogP contribution in [0.4, 0.5) is 10.1 Å². The van der Waals surface area contributed by atoms with Gasteiger partial charge in [0.1, 0.15) is 17.2 Å². The van der Waals surface area contributed by atoms with Crippen molar-refractivity contribution in [1.29, 1.82) is 0 Å². The Labute approximate surface area is 244 Å². The van der Waals surface area contributed by atoms with Crippen LogP contribution in [0, 0.1) is 5.82 Å². The van der Waals surface area contributed by atoms with Crippen molar-refractivity contribution in [2.75, 3.05) is 32.1 Å². The van der Waals surface area contributed by atoms with Crippen LogP contribution in [0.25, 0.3) is 0 Å². The van der Waals surface area contributed by atoms with E-state index in [0.717, 1.165) is 41.2 Å². The number of carbonyl (C=O) groups is 1. The molecule has 0 saturated carbocycles. The van der Waals surface area contributed by atoms with E-state index in [0.29, 0.717) is 48.3 Å². The summed E-state index contributed by atoms with van der Waals surface area (Å²) in [5, 5.41) is 7.05. The molecule has 3 aromatic rings. The number of likely N-dealkylation sites (tertiary alicyclic amines) is 1. The van der Waals surface area contributed by atoms with Crippen LogP contribution in [0.3, 0.4) is 0 Å². The second-order valence-corrected chi connectivity index (χ2v) is 11.1. The first-order valence-corrected chi connectivity index (χ1v) is 14.0. The predicted octanol–water partition coefficient (Wildman–Crippen LogP) is 6.84. The maximum Gasteiger partial charge on any atom is 0.227 e. The van der Waals surface area contributed by atoms with Crippen LogP contribution in [0.1, 0.15) is 41.9 Å². The topological polar surface area (TPSA) is 62.8 Å². The van der Waals surface area contributed by atoms with Gasteiger partial charge in [0.05, 0.1) is 23.1 Å². The molecule has 40 heavy (non-hydrogen) atoms. The zero-order valence-electron chi connectivity index (χ0n) is 22.3. The molecule has 1 amide bonds. The fraction of sp³-hybridized carbons (Fsp3) is 0.323. The van der Waals surface area contributed by atoms with E-state index in [1.165, 1.54) is 6.07 Å². The van der Waals surface area contributed by atoms with Gasteiger partial charge < -0.3 is 25.0 Å². The fourth-order valence-corrected chi connectivity index (χ4v) is 5.83. The number of methoxy groups -OCH3 is 1. The molecule has 1 unspecified atom stereocenters. The summed E-state index contributed by atoms with van der Waals surface area (Å²) in [7, 11) is 1.62. The lowest BCUT2D eigenvalue weighted by atomic mass is 9.82. The van der Waals surface area contributed by atoms with Gasteiger partial charge in [-0.15, -0.1) is 0 Å². The number of hydrogen-bond acceptors (Lipinski definition) is 5. The van der Waals surface area contributed by atoms with Crippen LogP contribution >= 0.6 is 23.2 Å². The normalized spacial score (nSPS) is 16.9. The van der Waals surface area contributed by atoms with Crippen LogP contribution in [0.5, 0.6) is 5.75 Å². The molecule has 2 aliphatic heterocycles. The molecule has 1 spiro atoms. The molecule has 3 aromatic carbocycles. The van der Waals surface area contributed by atoms with Crippen molar-refractivity contribution >= 4 is 34.8 Å². The molecule has 2 heterocycles. The second-order valence-electron chi connectivity index (χ2n) is 10.3. The zero-order chi connectivity index (χ0) is 28.3. The number of piperidine rings is 1. The predicted molar refractivity (Wildman–Crippen MR) is 156 cm³/mol. The van der Waals surface area contributed by atoms with Crippen LogP contribution in [-0.4, -0.2) is 37.6 Å². The number of nitrogens with one attached hydrogen (secondary N) is 2. The summed E-state index contributed by atoms with van der Waals surface area (Å²) >= 11 is 12.5. The van der Waals surface area contributed by atoms with Crippen molar-refractivity contribution in [2.24, 2.45) is 0 Å². The lowest BCUT2D eigenvalue weighted by Gasteiger charge is -2.46. The highest BCUT2D eigenvalue weighted by Crippen LogP contribution is 2.45. The molecule has 9 heteroatoms. The summed E-state index contributed by atoms with van der Waals surface area (Å²) in [6.07, 6.45) is 1.97. The highest BCUT2D eigenvalue weighted by molar-refractivity contribution is 6.42. The van der Waals surface area contributed by atoms with Gasteiger partial charge in [0.25, 0.3) is 0 Å². The number of amides is 1. The minimum absolute atomic E-state index is 0.0786. The monoisotopic (exact) mass is 583 g/mol. The van der Waals surface area contributed by atoms with Crippen molar-refractivity contribution in [1.82, 2.24) is 10.2 Å². The number of ether oxygens (including phenoxy) is 2. The van der Waals surface area contributed by atoms with E-state index in [2.05, 4.69) is 22.1 Å². The van der Waals surface area contributed by atoms with E-state index >= 15 is 0 Å². The molecule has 1 fully saturated rings. The second kappa shape index (κ2) is 12.1. The molecule has 2 N–H and O–H groups in total. The minimum atomic E-state index is -0.616. The first kappa shape index (κ1) is 28.3. The van der Waals surface area contributed by atoms with Crippen molar-refractivity contribution < 1.29 is 18.7 Å². The first-order chi connectivity index (χ1) is 19.3. The van der Waals surface area contributed by atoms with Gasteiger partial charge in [-0.25, -0.2) is 4.39 Å². The molecule has 210 valence electrons. The van der Waals surface area contributed by atoms with Crippen LogP contribution < -0.4 is 15.4 Å². The third kappa shape index (κ3) is 6.22. The van der Waals surface area contributed by atoms with Gasteiger partial charge in [-0.3, -0.25) is 4.79 Å². The van der Waals surface area contributed by atoms with Gasteiger partial charge in [-0.05, 0) is 73.1 Å². The number of hydrogen-bond donors (Lipinski definition) is 2. The Kier molecular flexibility index (Phi) is 8.54. The van der Waals surface area contributed by atoms with Gasteiger partial charge in [0.2, 0.25) is 5.91 Å². The Bertz CT molecular complexity index is 1390. The van der Waals surface area contributed by atoms with E-state index in [9.17, 15) is 9.18 Å². The van der Waals surface area contributed by atoms with E-state index < -0.39 is 11.5 Å². The first-order valence-electron chi connectivity index (χ1n) is 13.3. The van der Waals surface area contributed by atoms with Gasteiger partial charge >= 0.3 is 0 Å². The summed E-state index contributed by atoms with van der Waals surface area (Å²) in [5.41, 5.74) is 2.83. The van der Waals surface area contributed by atoms with Crippen LogP contribution in [0.2, 0.25) is 10.0 Å². The Morgan fingerprint density at radius 3 is 2.58 bits per heavy atom. The third-order valence-electron chi connectivity index (χ3n) is 7.75. The summed E-state index contributed by atoms with van der Waals surface area (Å²) in [6.45, 7) is 6.55. The standard InChI is InChI=1S/C31H32Cl2FN3O3/c1-20-36-29-10-6-23(34)18-26(29)31(40-20)12-15-37(16-13-31)14-11-25(22-5-9-27(32)28(33)17-22)30(38)35-19-21-3-7-24(39-2)8-4-21/h3-10,17-18,25,36H,1,11-16,19H2,2H3,(H,35,38). The highest BCUT2D eigenvalue weighted by Gasteiger charge is 2.43. The van der Waals surface area contributed by atoms with E-state index in [-0.39, 0.29) is 11.7 Å². The summed E-state index contributed by atoms with van der Waals surface area (Å²) in [6, 6.07) is 17.7. The molecule has 0 aromatic heterocycles. The molecule has 0 aliphatic carbocycles. The van der Waals surface area contributed by atoms with Crippen molar-refractivity contribution in [3.05, 3.63) is 106 Å². The van der Waals surface area contributed by atoms with E-state index in [1.54, 1.807) is 31.4 Å². The number of carbonyl (C=O) groups excluding carboxylic acids is 1. The minimum Gasteiger partial charge on any atom is -0.497 e. The largest absolute Gasteiger partial charge is 0.497 e. The average Bonchev–Trinajstić information content (AvgIpc) is 2.95. The molecule has 5 rings (SSSR count). The number of anilines is 1. The Morgan fingerprint density at radius 2 is 1.88 bits per heavy atom. The number of rotatable bonds is 8. The van der Waals surface area contributed by atoms with Gasteiger partial charge in [0.15, 0.2) is 5.88 Å². The maximum absolute atomic E-state index is 14.1. The van der Waals surface area contributed by atoms with Gasteiger partial charge in [-0.1, -0.05) is 41.4 Å². The summed E-state index contributed by atoms with van der Waals surface area (Å²) in [5.74, 6) is 0.461. The molecule has 1 atom stereocenters. The van der Waals surface area contributed by atoms with E-state index in [1.807, 2.05) is 30.3 Å². The molecule has 2 aliphatic rings. The average molecular weight is 585 g/mol. The zero-order valence-corrected chi connectivity index (χ0v) is 23.8. The Hall–Kier alpha value is -3.26. The highest BCUT2D eigenvalue weighted by atomic mass is 35.5. The number of nitrogens with zero attached hydrogens (tertiary/aromatic N) is 1. The lowest BCUT2D eigenvalue weighted by Crippen LogP contribution is -2.47. The molecular weight excluding hydrogens is 552 g/mol. The van der Waals surface area contributed by atoms with Crippen LogP contribution in [0.15, 0.2) is 73.1 Å². The SMILES string of the molecule is C=C1Nc2ccc(F)cc2C2(CCN(CCC(C(=O)NCc3ccc(OC)cc3)c3ccc(Cl)c(Cl)c3)CC2)O1. The molecule has 0 radical (unpaired) electrons. The molecule has 6 nitrogen and oxygen atoms in total. The molecule has 1 saturated heterocycles. The van der Waals surface area contributed by atoms with Gasteiger partial charge in [-0.2, -0.15) is 0 Å². The molecule has 0 bridgehead atoms. The molecular formula is C31H32Cl2FN3O3. The van der Waals surface area contributed by atoms with E-state index in [4.69, 9.17) is 32.7 Å². The number of fused-ring (bicyclic) bond motifs is 2. The third-order valence-corrected chi connectivity index (χ3v) is 8.49. The van der Waals surface area contributed by atoms with Crippen molar-refractivity contribution in [3.63, 3.8) is 0 Å². The lowest BCUT2D eigenvalue weighted by molar-refractivity contribution is -0.123. The van der Waals surface area contributed by atoms with Crippen molar-refractivity contribution in [3.8, 4) is 5.75 Å². The van der Waals surface area contributed by atoms with Crippen molar-refractivity contribution in [2.45, 2.75) is 37.3 Å². The summed E-state index contributed by atoms with van der Waals surface area (Å²) in [4.78, 5) is 15.8. The Morgan fingerprint density at radius 1 is 1.12 bits per heavy atom. The quantitative estimate of drug-likeness (QED) is 0.304. The summed E-state index contributed by atoms with van der Waals surface area (Å²) < 4.78 is 25.5. The maximum atomic E-state index is 14.1. The van der Waals surface area contributed by atoms with Crippen LogP contribution in [-0.2, 0) is 21.7 Å². The number of benzene rings is 3. The van der Waals surface area contributed by atoms with Gasteiger partial charge in [0, 0.05) is 43.7 Å². The Balaban J connectivity index is 1.26.